The van der Waals surface area contributed by atoms with Gasteiger partial charge in [-0.2, -0.15) is 0 Å². The van der Waals surface area contributed by atoms with Gasteiger partial charge in [0.1, 0.15) is 0 Å². The highest BCUT2D eigenvalue weighted by Crippen LogP contribution is 2.28. The minimum Gasteiger partial charge on any atom is -0.361 e. The number of para-hydroxylation sites is 1. The zero-order chi connectivity index (χ0) is 25.6. The number of hydrogen-bond acceptors (Lipinski definition) is 5. The minimum absolute atomic E-state index is 0.0242. The first-order valence-corrected chi connectivity index (χ1v) is 13.4. The van der Waals surface area contributed by atoms with E-state index in [1.165, 1.54) is 22.1 Å². The molecule has 0 aliphatic carbocycles. The minimum atomic E-state index is 0.0242. The van der Waals surface area contributed by atoms with Crippen LogP contribution in [0, 0.1) is 0 Å². The molecule has 6 rings (SSSR count). The summed E-state index contributed by atoms with van der Waals surface area (Å²) in [6, 6.07) is 29.6. The number of aromatic nitrogens is 5. The molecule has 7 nitrogen and oxygen atoms in total. The third kappa shape index (κ3) is 5.44. The maximum atomic E-state index is 4.56. The normalized spacial score (nSPS) is 15.9. The molecule has 1 aliphatic rings. The standard InChI is InChI=1S/C31H33N7/c1-3-10-25(11-4-1)12-9-18-36-20-22-37(23-21-36)30(26-13-5-2-6-14-26)31-33-34-35-38(31)19-17-27-24-32-29-16-8-7-15-28(27)29/h1-16,24,30,32H,17-23H2. The van der Waals surface area contributed by atoms with E-state index in [4.69, 9.17) is 0 Å². The number of nitrogens with one attached hydrogen (secondary N) is 1. The lowest BCUT2D eigenvalue weighted by atomic mass is 10.0. The van der Waals surface area contributed by atoms with E-state index in [9.17, 15) is 0 Å². The Kier molecular flexibility index (Phi) is 7.37. The molecule has 1 N–H and O–H groups in total. The Morgan fingerprint density at radius 3 is 2.39 bits per heavy atom. The molecule has 3 aromatic carbocycles. The Labute approximate surface area is 223 Å². The smallest absolute Gasteiger partial charge is 0.173 e. The van der Waals surface area contributed by atoms with E-state index in [1.807, 2.05) is 4.68 Å². The summed E-state index contributed by atoms with van der Waals surface area (Å²) in [4.78, 5) is 8.42. The number of hydrogen-bond donors (Lipinski definition) is 1. The summed E-state index contributed by atoms with van der Waals surface area (Å²) >= 11 is 0. The second-order valence-electron chi connectivity index (χ2n) is 9.83. The molecule has 2 aromatic heterocycles. The molecule has 1 aliphatic heterocycles. The van der Waals surface area contributed by atoms with Crippen LogP contribution < -0.4 is 0 Å². The van der Waals surface area contributed by atoms with Crippen LogP contribution in [0.2, 0.25) is 0 Å². The van der Waals surface area contributed by atoms with Crippen molar-refractivity contribution in [2.45, 2.75) is 19.0 Å². The molecule has 38 heavy (non-hydrogen) atoms. The highest BCUT2D eigenvalue weighted by atomic mass is 15.6. The van der Waals surface area contributed by atoms with Crippen LogP contribution in [0.5, 0.6) is 0 Å². The van der Waals surface area contributed by atoms with E-state index < -0.39 is 0 Å². The van der Waals surface area contributed by atoms with Gasteiger partial charge in [0.15, 0.2) is 5.82 Å². The summed E-state index contributed by atoms with van der Waals surface area (Å²) in [5.74, 6) is 0.911. The van der Waals surface area contributed by atoms with E-state index in [2.05, 4.69) is 134 Å². The van der Waals surface area contributed by atoms with Crippen LogP contribution in [0.3, 0.4) is 0 Å². The molecule has 1 unspecified atom stereocenters. The SMILES string of the molecule is C(=Cc1ccccc1)CN1CCN(C(c2ccccc2)c2nnnn2CCc2c[nH]c3ccccc23)CC1. The molecule has 0 saturated carbocycles. The Morgan fingerprint density at radius 2 is 1.58 bits per heavy atom. The Hall–Kier alpha value is -4.07. The second-order valence-corrected chi connectivity index (χ2v) is 9.83. The Morgan fingerprint density at radius 1 is 0.842 bits per heavy atom. The molecule has 0 radical (unpaired) electrons. The highest BCUT2D eigenvalue weighted by molar-refractivity contribution is 5.83. The number of benzene rings is 3. The number of fused-ring (bicyclic) bond motifs is 1. The van der Waals surface area contributed by atoms with Gasteiger partial charge in [-0.1, -0.05) is 91.0 Å². The van der Waals surface area contributed by atoms with E-state index in [1.54, 1.807) is 0 Å². The molecule has 7 heteroatoms. The van der Waals surface area contributed by atoms with Crippen LogP contribution in [0.4, 0.5) is 0 Å². The van der Waals surface area contributed by atoms with Gasteiger partial charge in [-0.15, -0.1) is 5.10 Å². The zero-order valence-corrected chi connectivity index (χ0v) is 21.5. The van der Waals surface area contributed by atoms with Crippen LogP contribution in [0.15, 0.2) is 97.2 Å². The average Bonchev–Trinajstić information content (AvgIpc) is 3.61. The number of H-pyrrole nitrogens is 1. The third-order valence-electron chi connectivity index (χ3n) is 7.43. The van der Waals surface area contributed by atoms with Crippen LogP contribution in [0.1, 0.15) is 28.6 Å². The number of nitrogens with zero attached hydrogens (tertiary/aromatic N) is 6. The molecule has 1 fully saturated rings. The van der Waals surface area contributed by atoms with Gasteiger partial charge in [0.2, 0.25) is 0 Å². The summed E-state index contributed by atoms with van der Waals surface area (Å²) < 4.78 is 1.99. The van der Waals surface area contributed by atoms with Crippen LogP contribution >= 0.6 is 0 Å². The molecule has 0 bridgehead atoms. The lowest BCUT2D eigenvalue weighted by Gasteiger charge is -2.38. The van der Waals surface area contributed by atoms with Crippen molar-refractivity contribution in [1.82, 2.24) is 35.0 Å². The average molecular weight is 504 g/mol. The molecule has 0 amide bonds. The second kappa shape index (κ2) is 11.5. The fraction of sp³-hybridized carbons (Fsp3) is 0.258. The van der Waals surface area contributed by atoms with Crippen molar-refractivity contribution in [1.29, 1.82) is 0 Å². The predicted molar refractivity (Wildman–Crippen MR) is 152 cm³/mol. The summed E-state index contributed by atoms with van der Waals surface area (Å²) in [6.07, 6.45) is 7.45. The molecule has 1 saturated heterocycles. The highest BCUT2D eigenvalue weighted by Gasteiger charge is 2.30. The van der Waals surface area contributed by atoms with Gasteiger partial charge in [-0.05, 0) is 39.6 Å². The van der Waals surface area contributed by atoms with Crippen molar-refractivity contribution in [2.24, 2.45) is 0 Å². The number of rotatable bonds is 9. The lowest BCUT2D eigenvalue weighted by molar-refractivity contribution is 0.112. The van der Waals surface area contributed by atoms with E-state index >= 15 is 0 Å². The van der Waals surface area contributed by atoms with Crippen LogP contribution in [-0.2, 0) is 13.0 Å². The van der Waals surface area contributed by atoms with Crippen molar-refractivity contribution in [2.75, 3.05) is 32.7 Å². The summed E-state index contributed by atoms with van der Waals surface area (Å²) in [5.41, 5.74) is 4.93. The first-order valence-electron chi connectivity index (χ1n) is 13.4. The maximum Gasteiger partial charge on any atom is 0.173 e. The number of tetrazole rings is 1. The number of aryl methyl sites for hydroxylation is 2. The molecule has 5 aromatic rings. The quantitative estimate of drug-likeness (QED) is 0.313. The van der Waals surface area contributed by atoms with E-state index in [0.717, 1.165) is 57.0 Å². The first kappa shape index (κ1) is 24.3. The maximum absolute atomic E-state index is 4.56. The van der Waals surface area contributed by atoms with Crippen LogP contribution in [-0.4, -0.2) is 67.7 Å². The fourth-order valence-corrected chi connectivity index (χ4v) is 5.40. The molecule has 192 valence electrons. The monoisotopic (exact) mass is 503 g/mol. The van der Waals surface area contributed by atoms with Gasteiger partial charge in [-0.3, -0.25) is 9.80 Å². The van der Waals surface area contributed by atoms with E-state index in [-0.39, 0.29) is 6.04 Å². The summed E-state index contributed by atoms with van der Waals surface area (Å²) in [6.45, 7) is 5.65. The van der Waals surface area contributed by atoms with Crippen LogP contribution in [0.25, 0.3) is 17.0 Å². The largest absolute Gasteiger partial charge is 0.361 e. The molecule has 0 spiro atoms. The number of piperazine rings is 1. The Balaban J connectivity index is 1.16. The first-order chi connectivity index (χ1) is 18.8. The lowest BCUT2D eigenvalue weighted by Crippen LogP contribution is -2.48. The zero-order valence-electron chi connectivity index (χ0n) is 21.5. The van der Waals surface area contributed by atoms with Crippen molar-refractivity contribution in [3.05, 3.63) is 120 Å². The van der Waals surface area contributed by atoms with Gasteiger partial charge < -0.3 is 4.98 Å². The Bertz CT molecular complexity index is 1460. The van der Waals surface area contributed by atoms with Gasteiger partial charge in [0.05, 0.1) is 6.04 Å². The van der Waals surface area contributed by atoms with E-state index in [0.29, 0.717) is 0 Å². The number of aromatic amines is 1. The van der Waals surface area contributed by atoms with Crippen molar-refractivity contribution in [3.63, 3.8) is 0 Å². The van der Waals surface area contributed by atoms with Gasteiger partial charge in [-0.25, -0.2) is 4.68 Å². The van der Waals surface area contributed by atoms with Gasteiger partial charge in [0.25, 0.3) is 0 Å². The predicted octanol–water partition coefficient (Wildman–Crippen LogP) is 4.82. The summed E-state index contributed by atoms with van der Waals surface area (Å²) in [5, 5.41) is 14.4. The van der Waals surface area contributed by atoms with Crippen molar-refractivity contribution >= 4 is 17.0 Å². The molecular formula is C31H33N7. The fourth-order valence-electron chi connectivity index (χ4n) is 5.40. The molecular weight excluding hydrogens is 470 g/mol. The third-order valence-corrected chi connectivity index (χ3v) is 7.43. The van der Waals surface area contributed by atoms with Gasteiger partial charge in [0, 0.05) is 56.4 Å². The molecule has 3 heterocycles. The van der Waals surface area contributed by atoms with Crippen molar-refractivity contribution in [3.8, 4) is 0 Å². The van der Waals surface area contributed by atoms with Gasteiger partial charge >= 0.3 is 0 Å². The summed E-state index contributed by atoms with van der Waals surface area (Å²) in [7, 11) is 0. The molecule has 1 atom stereocenters. The van der Waals surface area contributed by atoms with Crippen molar-refractivity contribution < 1.29 is 0 Å². The topological polar surface area (TPSA) is 65.9 Å².